The third-order valence-electron chi connectivity index (χ3n) is 0.898. The zero-order valence-electron chi connectivity index (χ0n) is 5.86. The van der Waals surface area contributed by atoms with E-state index in [-0.39, 0.29) is 5.44 Å². The second kappa shape index (κ2) is 5.37. The van der Waals surface area contributed by atoms with Gasteiger partial charge in [0.2, 0.25) is 0 Å². The molecular formula is C5H10O4S. The zero-order valence-corrected chi connectivity index (χ0v) is 6.68. The van der Waals surface area contributed by atoms with Gasteiger partial charge in [-0.2, -0.15) is 5.26 Å². The van der Waals surface area contributed by atoms with Crippen molar-refractivity contribution in [3.8, 4) is 0 Å². The summed E-state index contributed by atoms with van der Waals surface area (Å²) in [5, 5.41) is 7.79. The normalized spacial score (nSPS) is 12.3. The Morgan fingerprint density at radius 1 is 1.80 bits per heavy atom. The maximum absolute atomic E-state index is 10.2. The van der Waals surface area contributed by atoms with E-state index >= 15 is 0 Å². The van der Waals surface area contributed by atoms with Gasteiger partial charge in [-0.25, -0.2) is 4.79 Å². The molecule has 60 valence electrons. The van der Waals surface area contributed by atoms with E-state index in [1.54, 1.807) is 6.26 Å². The van der Waals surface area contributed by atoms with E-state index in [0.29, 0.717) is 6.42 Å². The van der Waals surface area contributed by atoms with E-state index in [1.807, 2.05) is 6.92 Å². The summed E-state index contributed by atoms with van der Waals surface area (Å²) in [4.78, 5) is 13.5. The van der Waals surface area contributed by atoms with Crippen LogP contribution in [0.25, 0.3) is 0 Å². The summed E-state index contributed by atoms with van der Waals surface area (Å²) in [6.07, 6.45) is 1.44. The lowest BCUT2D eigenvalue weighted by Crippen LogP contribution is -2.13. The van der Waals surface area contributed by atoms with Gasteiger partial charge in [0.15, 0.2) is 5.44 Å². The zero-order chi connectivity index (χ0) is 7.98. The minimum absolute atomic E-state index is 0.236. The molecule has 0 aromatic rings. The monoisotopic (exact) mass is 166 g/mol. The Kier molecular flexibility index (Phi) is 5.15. The highest BCUT2D eigenvalue weighted by atomic mass is 32.2. The van der Waals surface area contributed by atoms with E-state index in [4.69, 9.17) is 5.26 Å². The fraction of sp³-hybridized carbons (Fsp3) is 0.800. The number of hydrogen-bond donors (Lipinski definition) is 1. The molecule has 0 amide bonds. The first-order valence-corrected chi connectivity index (χ1v) is 4.08. The van der Waals surface area contributed by atoms with Crippen LogP contribution in [-0.2, 0) is 9.62 Å². The lowest BCUT2D eigenvalue weighted by atomic mass is 10.5. The largest absolute Gasteiger partial charge is 0.541 e. The van der Waals surface area contributed by atoms with E-state index in [0.717, 1.165) is 0 Å². The smallest absolute Gasteiger partial charge is 0.418 e. The molecule has 0 spiro atoms. The molecule has 0 rings (SSSR count). The summed E-state index contributed by atoms with van der Waals surface area (Å²) < 4.78 is 4.55. The first-order valence-electron chi connectivity index (χ1n) is 2.79. The highest BCUT2D eigenvalue weighted by Crippen LogP contribution is 2.11. The molecule has 0 saturated carbocycles. The van der Waals surface area contributed by atoms with Crippen molar-refractivity contribution in [2.75, 3.05) is 6.26 Å². The topological polar surface area (TPSA) is 55.8 Å². The first-order chi connectivity index (χ1) is 4.74. The van der Waals surface area contributed by atoms with Crippen molar-refractivity contribution in [1.29, 1.82) is 0 Å². The van der Waals surface area contributed by atoms with E-state index in [1.165, 1.54) is 11.8 Å². The molecule has 0 aliphatic rings. The predicted molar refractivity (Wildman–Crippen MR) is 37.8 cm³/mol. The molecule has 0 aromatic heterocycles. The van der Waals surface area contributed by atoms with Crippen LogP contribution in [0, 0.1) is 0 Å². The van der Waals surface area contributed by atoms with Crippen molar-refractivity contribution in [2.45, 2.75) is 18.8 Å². The molecule has 0 aliphatic carbocycles. The quantitative estimate of drug-likeness (QED) is 0.299. The van der Waals surface area contributed by atoms with E-state index < -0.39 is 6.16 Å². The fourth-order valence-corrected chi connectivity index (χ4v) is 0.935. The average molecular weight is 166 g/mol. The van der Waals surface area contributed by atoms with Crippen LogP contribution in [0.3, 0.4) is 0 Å². The molecule has 0 radical (unpaired) electrons. The van der Waals surface area contributed by atoms with E-state index in [2.05, 4.69) is 9.62 Å². The van der Waals surface area contributed by atoms with Crippen molar-refractivity contribution in [2.24, 2.45) is 0 Å². The van der Waals surface area contributed by atoms with Crippen LogP contribution in [0.4, 0.5) is 4.79 Å². The number of carbonyl (C=O) groups is 1. The predicted octanol–water partition coefficient (Wildman–Crippen LogP) is 1.71. The lowest BCUT2D eigenvalue weighted by Gasteiger charge is -2.09. The highest BCUT2D eigenvalue weighted by molar-refractivity contribution is 7.99. The van der Waals surface area contributed by atoms with Gasteiger partial charge in [0.1, 0.15) is 0 Å². The number of hydrogen-bond acceptors (Lipinski definition) is 5. The second-order valence-corrected chi connectivity index (χ2v) is 2.53. The van der Waals surface area contributed by atoms with Crippen molar-refractivity contribution in [3.63, 3.8) is 0 Å². The maximum Gasteiger partial charge on any atom is 0.541 e. The Bertz CT molecular complexity index is 102. The second-order valence-electron chi connectivity index (χ2n) is 1.53. The van der Waals surface area contributed by atoms with Gasteiger partial charge in [-0.05, 0) is 12.7 Å². The van der Waals surface area contributed by atoms with Crippen LogP contribution in [0.2, 0.25) is 0 Å². The van der Waals surface area contributed by atoms with Gasteiger partial charge in [-0.15, -0.1) is 11.8 Å². The standard InChI is InChI=1S/C5H10O4S/c1-3-4(10-2)8-5(6)9-7/h4,7H,3H2,1-2H3/t4-/m1/s1. The van der Waals surface area contributed by atoms with Crippen molar-refractivity contribution < 1.29 is 19.7 Å². The van der Waals surface area contributed by atoms with Gasteiger partial charge < -0.3 is 4.74 Å². The highest BCUT2D eigenvalue weighted by Gasteiger charge is 2.10. The number of rotatable bonds is 3. The van der Waals surface area contributed by atoms with E-state index in [9.17, 15) is 4.79 Å². The van der Waals surface area contributed by atoms with Gasteiger partial charge in [0.05, 0.1) is 0 Å². The molecule has 0 bridgehead atoms. The molecule has 1 N–H and O–H groups in total. The Morgan fingerprint density at radius 2 is 2.40 bits per heavy atom. The summed E-state index contributed by atoms with van der Waals surface area (Å²) in [5.74, 6) is 0. The van der Waals surface area contributed by atoms with Crippen LogP contribution in [0.1, 0.15) is 13.3 Å². The summed E-state index contributed by atoms with van der Waals surface area (Å²) >= 11 is 1.38. The molecule has 0 aromatic carbocycles. The SMILES string of the molecule is CC[C@H](OC(=O)OO)SC. The fourth-order valence-electron chi connectivity index (χ4n) is 0.427. The summed E-state index contributed by atoms with van der Waals surface area (Å²) in [7, 11) is 0. The Morgan fingerprint density at radius 3 is 2.70 bits per heavy atom. The van der Waals surface area contributed by atoms with Crippen LogP contribution in [0.5, 0.6) is 0 Å². The molecule has 1 atom stereocenters. The average Bonchev–Trinajstić information content (AvgIpc) is 1.99. The number of ether oxygens (including phenoxy) is 1. The van der Waals surface area contributed by atoms with Crippen molar-refractivity contribution >= 4 is 17.9 Å². The van der Waals surface area contributed by atoms with Gasteiger partial charge in [-0.1, -0.05) is 6.92 Å². The van der Waals surface area contributed by atoms with Gasteiger partial charge in [-0.3, -0.25) is 4.89 Å². The van der Waals surface area contributed by atoms with Crippen molar-refractivity contribution in [1.82, 2.24) is 0 Å². The summed E-state index contributed by atoms with van der Waals surface area (Å²) in [5.41, 5.74) is -0.236. The Balaban J connectivity index is 3.52. The molecular weight excluding hydrogens is 156 g/mol. The third-order valence-corrected chi connectivity index (χ3v) is 1.85. The molecule has 0 unspecified atom stereocenters. The van der Waals surface area contributed by atoms with Crippen molar-refractivity contribution in [3.05, 3.63) is 0 Å². The lowest BCUT2D eigenvalue weighted by molar-refractivity contribution is -0.201. The molecule has 0 saturated heterocycles. The van der Waals surface area contributed by atoms with Crippen LogP contribution < -0.4 is 0 Å². The number of thioether (sulfide) groups is 1. The molecule has 0 aliphatic heterocycles. The Hall–Kier alpha value is -0.420. The third kappa shape index (κ3) is 3.58. The summed E-state index contributed by atoms with van der Waals surface area (Å²) in [6.45, 7) is 1.87. The molecule has 0 heterocycles. The first kappa shape index (κ1) is 9.58. The molecule has 5 heteroatoms. The minimum Gasteiger partial charge on any atom is -0.418 e. The summed E-state index contributed by atoms with van der Waals surface area (Å²) in [6, 6.07) is 0. The molecule has 0 fully saturated rings. The minimum atomic E-state index is -1.05. The van der Waals surface area contributed by atoms with Crippen LogP contribution in [-0.4, -0.2) is 23.1 Å². The van der Waals surface area contributed by atoms with Crippen LogP contribution in [0.15, 0.2) is 0 Å². The van der Waals surface area contributed by atoms with Gasteiger partial charge >= 0.3 is 6.16 Å². The van der Waals surface area contributed by atoms with Gasteiger partial charge in [0.25, 0.3) is 0 Å². The van der Waals surface area contributed by atoms with Gasteiger partial charge in [0, 0.05) is 0 Å². The molecule has 10 heavy (non-hydrogen) atoms. The van der Waals surface area contributed by atoms with Crippen LogP contribution >= 0.6 is 11.8 Å². The molecule has 4 nitrogen and oxygen atoms in total. The Labute approximate surface area is 63.4 Å². The number of carbonyl (C=O) groups excluding carboxylic acids is 1. The maximum atomic E-state index is 10.2.